The highest BCUT2D eigenvalue weighted by Gasteiger charge is 2.39. The predicted molar refractivity (Wildman–Crippen MR) is 181 cm³/mol. The number of hydrogen-bond donors (Lipinski definition) is 0. The number of nitrogens with zero attached hydrogens (tertiary/aromatic N) is 2. The van der Waals surface area contributed by atoms with Crippen LogP contribution in [0.4, 0.5) is 9.59 Å². The molecule has 1 aromatic heterocycles. The number of hydrogen-bond acceptors (Lipinski definition) is 12. The van der Waals surface area contributed by atoms with Gasteiger partial charge in [-0.15, -0.1) is 11.3 Å². The zero-order valence-electron chi connectivity index (χ0n) is 29.3. The highest BCUT2D eigenvalue weighted by molar-refractivity contribution is 7.17. The normalized spacial score (nSPS) is 18.7. The lowest BCUT2D eigenvalue weighted by atomic mass is 10.0. The topological polar surface area (TPSA) is 155 Å². The van der Waals surface area contributed by atoms with Gasteiger partial charge in [-0.2, -0.15) is 0 Å². The molecule has 2 amide bonds. The number of ether oxygens (including phenoxy) is 5. The molecular weight excluding hydrogens is 668 g/mol. The van der Waals surface area contributed by atoms with Gasteiger partial charge in [0.1, 0.15) is 29.0 Å². The summed E-state index contributed by atoms with van der Waals surface area (Å²) in [5.74, 6) is -1.68. The molecule has 0 radical (unpaired) electrons. The average Bonchev–Trinajstić information content (AvgIpc) is 3.79. The zero-order chi connectivity index (χ0) is 36.4. The van der Waals surface area contributed by atoms with E-state index in [4.69, 9.17) is 23.7 Å². The van der Waals surface area contributed by atoms with Gasteiger partial charge in [-0.25, -0.2) is 19.2 Å². The molecule has 5 rings (SSSR count). The van der Waals surface area contributed by atoms with E-state index in [-0.39, 0.29) is 11.3 Å². The smallest absolute Gasteiger partial charge is 0.411 e. The lowest BCUT2D eigenvalue weighted by molar-refractivity contribution is -0.148. The van der Waals surface area contributed by atoms with Crippen molar-refractivity contribution in [3.8, 4) is 16.2 Å². The van der Waals surface area contributed by atoms with E-state index in [1.165, 1.54) is 21.1 Å². The van der Waals surface area contributed by atoms with Gasteiger partial charge in [0.15, 0.2) is 19.0 Å². The van der Waals surface area contributed by atoms with E-state index < -0.39 is 66.4 Å². The summed E-state index contributed by atoms with van der Waals surface area (Å²) in [5.41, 5.74) is 0.443. The molecular formula is C36H44N2O11S. The number of ketones is 2. The Kier molecular flexibility index (Phi) is 10.9. The maximum Gasteiger partial charge on any atom is 0.411 e. The fourth-order valence-corrected chi connectivity index (χ4v) is 7.14. The third-order valence-corrected chi connectivity index (χ3v) is 9.51. The Hall–Kier alpha value is -4.46. The number of thiophene rings is 1. The van der Waals surface area contributed by atoms with Crippen molar-refractivity contribution in [3.63, 3.8) is 0 Å². The lowest BCUT2D eigenvalue weighted by Gasteiger charge is -2.27. The van der Waals surface area contributed by atoms with E-state index in [1.54, 1.807) is 65.8 Å². The average molecular weight is 713 g/mol. The van der Waals surface area contributed by atoms with Crippen LogP contribution in [-0.2, 0) is 35.0 Å². The minimum Gasteiger partial charge on any atom is -0.493 e. The molecule has 2 aromatic rings. The Bertz CT molecular complexity index is 1670. The number of amides is 2. The van der Waals surface area contributed by atoms with Gasteiger partial charge in [-0.1, -0.05) is 6.07 Å². The fraction of sp³-hybridized carbons (Fsp3) is 0.556. The van der Waals surface area contributed by atoms with Crippen molar-refractivity contribution in [2.45, 2.75) is 96.9 Å². The van der Waals surface area contributed by atoms with E-state index in [9.17, 15) is 28.8 Å². The molecule has 3 aliphatic rings. The van der Waals surface area contributed by atoms with Gasteiger partial charge in [-0.3, -0.25) is 19.4 Å². The Morgan fingerprint density at radius 2 is 1.32 bits per heavy atom. The largest absolute Gasteiger partial charge is 0.493 e. The van der Waals surface area contributed by atoms with Gasteiger partial charge >= 0.3 is 24.1 Å². The molecule has 1 aromatic carbocycles. The molecule has 50 heavy (non-hydrogen) atoms. The number of likely N-dealkylation sites (tertiary alicyclic amines) is 2. The van der Waals surface area contributed by atoms with Crippen molar-refractivity contribution in [3.05, 3.63) is 40.3 Å². The molecule has 0 unspecified atom stereocenters. The first-order valence-electron chi connectivity index (χ1n) is 16.8. The van der Waals surface area contributed by atoms with E-state index in [1.807, 2.05) is 0 Å². The minimum atomic E-state index is -0.819. The summed E-state index contributed by atoms with van der Waals surface area (Å²) in [4.78, 5) is 81.0. The molecule has 2 fully saturated rings. The van der Waals surface area contributed by atoms with Crippen LogP contribution < -0.4 is 4.74 Å². The van der Waals surface area contributed by atoms with Crippen LogP contribution in [0.5, 0.6) is 5.75 Å². The van der Waals surface area contributed by atoms with Crippen molar-refractivity contribution in [1.29, 1.82) is 0 Å². The first-order valence-corrected chi connectivity index (χ1v) is 17.6. The second kappa shape index (κ2) is 14.8. The van der Waals surface area contributed by atoms with Gasteiger partial charge < -0.3 is 23.7 Å². The van der Waals surface area contributed by atoms with E-state index >= 15 is 0 Å². The summed E-state index contributed by atoms with van der Waals surface area (Å²) in [6.07, 6.45) is 1.41. The maximum atomic E-state index is 13.1. The lowest BCUT2D eigenvalue weighted by Crippen LogP contribution is -2.44. The van der Waals surface area contributed by atoms with Crippen molar-refractivity contribution >= 4 is 47.0 Å². The Morgan fingerprint density at radius 3 is 1.86 bits per heavy atom. The number of carbonyl (C=O) groups excluding carboxylic acids is 6. The number of fused-ring (bicyclic) bond motifs is 3. The molecule has 14 heteroatoms. The highest BCUT2D eigenvalue weighted by Crippen LogP contribution is 2.41. The van der Waals surface area contributed by atoms with Gasteiger partial charge in [0.05, 0.1) is 11.5 Å². The van der Waals surface area contributed by atoms with Crippen LogP contribution in [0, 0.1) is 0 Å². The molecule has 0 spiro atoms. The first kappa shape index (κ1) is 36.8. The Balaban J connectivity index is 1.19. The zero-order valence-corrected chi connectivity index (χ0v) is 30.1. The van der Waals surface area contributed by atoms with Crippen LogP contribution in [0.1, 0.15) is 92.8 Å². The van der Waals surface area contributed by atoms with Gasteiger partial charge in [-0.05, 0) is 91.0 Å². The fourth-order valence-electron chi connectivity index (χ4n) is 5.98. The van der Waals surface area contributed by atoms with Crippen molar-refractivity contribution in [2.75, 3.05) is 32.9 Å². The van der Waals surface area contributed by atoms with E-state index in [0.717, 1.165) is 10.4 Å². The second-order valence-corrected chi connectivity index (χ2v) is 15.6. The highest BCUT2D eigenvalue weighted by atomic mass is 32.1. The molecule has 2 atom stereocenters. The number of rotatable bonds is 8. The molecule has 270 valence electrons. The van der Waals surface area contributed by atoms with Crippen molar-refractivity contribution in [2.24, 2.45) is 0 Å². The monoisotopic (exact) mass is 712 g/mol. The standard InChI is InChI=1S/C36H44N2O11S/c1-35(2,3)48-33(43)37-14-7-9-24(37)31(41)46-19-26(39)21-11-12-23-28(17-21)45-16-13-22-18-29(50-30(22)23)27(40)20-47-32(42)25-10-8-15-38(25)34(44)49-36(4,5)6/h11-12,17-18,24-25H,7-10,13-16,19-20H2,1-6H3/t24-,25-/m0/s1. The summed E-state index contributed by atoms with van der Waals surface area (Å²) >= 11 is 1.24. The third-order valence-electron chi connectivity index (χ3n) is 8.26. The van der Waals surface area contributed by atoms with Gasteiger partial charge in [0, 0.05) is 35.5 Å². The van der Waals surface area contributed by atoms with Crippen LogP contribution in [0.3, 0.4) is 0 Å². The van der Waals surface area contributed by atoms with Crippen LogP contribution in [-0.4, -0.2) is 102 Å². The summed E-state index contributed by atoms with van der Waals surface area (Å²) in [6, 6.07) is 5.06. The van der Waals surface area contributed by atoms with Crippen LogP contribution >= 0.6 is 11.3 Å². The quantitative estimate of drug-likeness (QED) is 0.191. The minimum absolute atomic E-state index is 0.280. The maximum absolute atomic E-state index is 13.1. The molecule has 2 saturated heterocycles. The number of carbonyl (C=O) groups is 6. The second-order valence-electron chi connectivity index (χ2n) is 14.5. The molecule has 0 N–H and O–H groups in total. The molecule has 13 nitrogen and oxygen atoms in total. The van der Waals surface area contributed by atoms with Crippen LogP contribution in [0.25, 0.3) is 10.4 Å². The molecule has 3 aliphatic heterocycles. The Morgan fingerprint density at radius 1 is 0.780 bits per heavy atom. The summed E-state index contributed by atoms with van der Waals surface area (Å²) < 4.78 is 27.5. The third kappa shape index (κ3) is 8.82. The summed E-state index contributed by atoms with van der Waals surface area (Å²) in [6.45, 7) is 10.5. The van der Waals surface area contributed by atoms with Crippen molar-refractivity contribution < 1.29 is 52.5 Å². The van der Waals surface area contributed by atoms with Crippen molar-refractivity contribution in [1.82, 2.24) is 9.80 Å². The van der Waals surface area contributed by atoms with E-state index in [0.29, 0.717) is 68.0 Å². The van der Waals surface area contributed by atoms with Gasteiger partial charge in [0.25, 0.3) is 0 Å². The Labute approximate surface area is 295 Å². The summed E-state index contributed by atoms with van der Waals surface area (Å²) in [5, 5.41) is 0. The van der Waals surface area contributed by atoms with E-state index in [2.05, 4.69) is 0 Å². The molecule has 0 saturated carbocycles. The summed E-state index contributed by atoms with van der Waals surface area (Å²) in [7, 11) is 0. The number of Topliss-reactive ketones (excluding diaryl/α,β-unsaturated/α-hetero) is 2. The van der Waals surface area contributed by atoms with Crippen LogP contribution in [0.15, 0.2) is 24.3 Å². The first-order chi connectivity index (χ1) is 23.5. The number of benzene rings is 1. The SMILES string of the molecule is CC(C)(C)OC(=O)N1CCC[C@H]1C(=O)OCC(=O)c1ccc2c(c1)OCCc1cc(C(=O)COC(=O)[C@@H]3CCCN3C(=O)OC(C)(C)C)sc1-2. The van der Waals surface area contributed by atoms with Crippen LogP contribution in [0.2, 0.25) is 0 Å². The van der Waals surface area contributed by atoms with Gasteiger partial charge in [0.2, 0.25) is 5.78 Å². The molecule has 0 bridgehead atoms. The molecule has 4 heterocycles. The predicted octanol–water partition coefficient (Wildman–Crippen LogP) is 5.60. The number of esters is 2. The molecule has 0 aliphatic carbocycles.